The Morgan fingerprint density at radius 2 is 2.33 bits per heavy atom. The predicted octanol–water partition coefficient (Wildman–Crippen LogP) is 1.54. The van der Waals surface area contributed by atoms with E-state index in [1.807, 2.05) is 0 Å². The van der Waals surface area contributed by atoms with E-state index in [9.17, 15) is 0 Å². The highest BCUT2D eigenvalue weighted by Crippen LogP contribution is 2.49. The maximum absolute atomic E-state index is 3.52. The second-order valence-corrected chi connectivity index (χ2v) is 3.74. The summed E-state index contributed by atoms with van der Waals surface area (Å²) in [4.78, 5) is 0. The van der Waals surface area contributed by atoms with Crippen molar-refractivity contribution < 1.29 is 0 Å². The molecule has 9 heavy (non-hydrogen) atoms. The van der Waals surface area contributed by atoms with Gasteiger partial charge in [0.05, 0.1) is 0 Å². The molecule has 3 rings (SSSR count). The van der Waals surface area contributed by atoms with E-state index in [0.717, 1.165) is 11.5 Å². The Bertz CT molecular complexity index is 108. The third kappa shape index (κ3) is 0.710. The Morgan fingerprint density at radius 3 is 2.78 bits per heavy atom. The summed E-state index contributed by atoms with van der Waals surface area (Å²) in [5.74, 6) is 0. The van der Waals surface area contributed by atoms with Gasteiger partial charge in [0.25, 0.3) is 0 Å². The molecule has 0 spiro atoms. The van der Waals surface area contributed by atoms with Gasteiger partial charge >= 0.3 is 0 Å². The summed E-state index contributed by atoms with van der Waals surface area (Å²) in [6, 6.07) is 0.913. The van der Waals surface area contributed by atoms with Gasteiger partial charge in [-0.05, 0) is 24.7 Å². The van der Waals surface area contributed by atoms with Crippen molar-refractivity contribution in [2.45, 2.75) is 38.6 Å². The van der Waals surface area contributed by atoms with Gasteiger partial charge in [0.1, 0.15) is 0 Å². The highest BCUT2D eigenvalue weighted by atomic mass is 15.0. The molecule has 1 saturated carbocycles. The van der Waals surface area contributed by atoms with E-state index in [1.54, 1.807) is 0 Å². The first-order chi connectivity index (χ1) is 4.35. The Labute approximate surface area is 56.8 Å². The number of nitrogens with one attached hydrogen (secondary N) is 1. The molecule has 3 fully saturated rings. The summed E-state index contributed by atoms with van der Waals surface area (Å²) in [5.41, 5.74) is 0.777. The highest BCUT2D eigenvalue weighted by molar-refractivity contribution is 5.05. The molecule has 0 radical (unpaired) electrons. The van der Waals surface area contributed by atoms with Crippen molar-refractivity contribution in [3.63, 3.8) is 0 Å². The fourth-order valence-electron chi connectivity index (χ4n) is 2.46. The number of fused-ring (bicyclic) bond motifs is 1. The zero-order valence-corrected chi connectivity index (χ0v) is 6.11. The summed E-state index contributed by atoms with van der Waals surface area (Å²) in [5, 5.41) is 3.52. The zero-order valence-electron chi connectivity index (χ0n) is 6.11. The minimum absolute atomic E-state index is 0.777. The SMILES string of the molecule is CCCC12CNC(C1)C2. The van der Waals surface area contributed by atoms with E-state index in [0.29, 0.717) is 0 Å². The molecule has 2 saturated heterocycles. The van der Waals surface area contributed by atoms with E-state index in [1.165, 1.54) is 32.2 Å². The molecule has 1 nitrogen and oxygen atoms in total. The van der Waals surface area contributed by atoms with Crippen LogP contribution in [-0.4, -0.2) is 12.6 Å². The molecule has 2 heterocycles. The van der Waals surface area contributed by atoms with Crippen LogP contribution in [0.5, 0.6) is 0 Å². The fraction of sp³-hybridized carbons (Fsp3) is 1.00. The first kappa shape index (κ1) is 5.72. The van der Waals surface area contributed by atoms with Gasteiger partial charge in [0.15, 0.2) is 0 Å². The van der Waals surface area contributed by atoms with Crippen LogP contribution in [0.3, 0.4) is 0 Å². The summed E-state index contributed by atoms with van der Waals surface area (Å²) < 4.78 is 0. The van der Waals surface area contributed by atoms with Crippen molar-refractivity contribution in [3.8, 4) is 0 Å². The third-order valence-corrected chi connectivity index (χ3v) is 2.90. The molecule has 1 aliphatic carbocycles. The van der Waals surface area contributed by atoms with Crippen molar-refractivity contribution in [2.75, 3.05) is 6.54 Å². The molecular formula is C8H15N. The van der Waals surface area contributed by atoms with Crippen LogP contribution in [0, 0.1) is 5.41 Å². The van der Waals surface area contributed by atoms with Crippen LogP contribution in [0.1, 0.15) is 32.6 Å². The maximum Gasteiger partial charge on any atom is 0.00788 e. The standard InChI is InChI=1S/C8H15N/c1-2-3-8-4-7(5-8)9-6-8/h7,9H,2-6H2,1H3. The largest absolute Gasteiger partial charge is 0.313 e. The van der Waals surface area contributed by atoms with Crippen molar-refractivity contribution >= 4 is 0 Å². The molecular weight excluding hydrogens is 110 g/mol. The van der Waals surface area contributed by atoms with Crippen LogP contribution in [0.2, 0.25) is 0 Å². The van der Waals surface area contributed by atoms with E-state index >= 15 is 0 Å². The number of hydrogen-bond donors (Lipinski definition) is 1. The molecule has 2 bridgehead atoms. The highest BCUT2D eigenvalue weighted by Gasteiger charge is 2.48. The summed E-state index contributed by atoms with van der Waals surface area (Å²) in [7, 11) is 0. The second kappa shape index (κ2) is 1.72. The lowest BCUT2D eigenvalue weighted by Crippen LogP contribution is -2.33. The molecule has 0 atom stereocenters. The molecule has 0 aromatic carbocycles. The van der Waals surface area contributed by atoms with Gasteiger partial charge in [0.2, 0.25) is 0 Å². The Hall–Kier alpha value is -0.0400. The van der Waals surface area contributed by atoms with Crippen molar-refractivity contribution in [1.29, 1.82) is 0 Å². The van der Waals surface area contributed by atoms with Crippen LogP contribution in [0.15, 0.2) is 0 Å². The Balaban J connectivity index is 1.95. The molecule has 52 valence electrons. The van der Waals surface area contributed by atoms with Crippen molar-refractivity contribution in [1.82, 2.24) is 5.32 Å². The minimum Gasteiger partial charge on any atom is -0.313 e. The lowest BCUT2D eigenvalue weighted by Gasteiger charge is -2.36. The van der Waals surface area contributed by atoms with Crippen LogP contribution in [-0.2, 0) is 0 Å². The van der Waals surface area contributed by atoms with Gasteiger partial charge in [-0.25, -0.2) is 0 Å². The lowest BCUT2D eigenvalue weighted by molar-refractivity contribution is 0.179. The van der Waals surface area contributed by atoms with Gasteiger partial charge in [-0.3, -0.25) is 0 Å². The summed E-state index contributed by atoms with van der Waals surface area (Å²) in [6.07, 6.45) is 5.77. The molecule has 2 aliphatic heterocycles. The van der Waals surface area contributed by atoms with Crippen molar-refractivity contribution in [2.24, 2.45) is 5.41 Å². The Morgan fingerprint density at radius 1 is 1.56 bits per heavy atom. The van der Waals surface area contributed by atoms with Crippen LogP contribution < -0.4 is 5.32 Å². The van der Waals surface area contributed by atoms with Crippen molar-refractivity contribution in [3.05, 3.63) is 0 Å². The third-order valence-electron chi connectivity index (χ3n) is 2.90. The quantitative estimate of drug-likeness (QED) is 0.590. The van der Waals surface area contributed by atoms with Gasteiger partial charge in [-0.1, -0.05) is 13.3 Å². The monoisotopic (exact) mass is 125 g/mol. The lowest BCUT2D eigenvalue weighted by atomic mass is 9.68. The normalized spacial score (nSPS) is 47.0. The van der Waals surface area contributed by atoms with Crippen LogP contribution >= 0.6 is 0 Å². The Kier molecular flexibility index (Phi) is 1.10. The number of hydrogen-bond acceptors (Lipinski definition) is 1. The summed E-state index contributed by atoms with van der Waals surface area (Å²) in [6.45, 7) is 3.60. The van der Waals surface area contributed by atoms with Crippen LogP contribution in [0.25, 0.3) is 0 Å². The summed E-state index contributed by atoms with van der Waals surface area (Å²) >= 11 is 0. The first-order valence-electron chi connectivity index (χ1n) is 4.08. The zero-order chi connectivity index (χ0) is 6.32. The average molecular weight is 125 g/mol. The molecule has 1 heteroatoms. The van der Waals surface area contributed by atoms with E-state index in [4.69, 9.17) is 0 Å². The maximum atomic E-state index is 3.52. The van der Waals surface area contributed by atoms with Crippen LogP contribution in [0.4, 0.5) is 0 Å². The van der Waals surface area contributed by atoms with Gasteiger partial charge in [-0.15, -0.1) is 0 Å². The van der Waals surface area contributed by atoms with Gasteiger partial charge in [0, 0.05) is 12.6 Å². The van der Waals surface area contributed by atoms with Gasteiger partial charge in [-0.2, -0.15) is 0 Å². The molecule has 0 unspecified atom stereocenters. The number of rotatable bonds is 2. The second-order valence-electron chi connectivity index (χ2n) is 3.74. The van der Waals surface area contributed by atoms with E-state index in [2.05, 4.69) is 12.2 Å². The average Bonchev–Trinajstić information content (AvgIpc) is 2.22. The van der Waals surface area contributed by atoms with Gasteiger partial charge < -0.3 is 5.32 Å². The molecule has 0 aromatic heterocycles. The topological polar surface area (TPSA) is 12.0 Å². The molecule has 3 aliphatic rings. The van der Waals surface area contributed by atoms with E-state index in [-0.39, 0.29) is 0 Å². The smallest absolute Gasteiger partial charge is 0.00788 e. The van der Waals surface area contributed by atoms with E-state index < -0.39 is 0 Å². The minimum atomic E-state index is 0.777. The molecule has 0 aromatic rings. The molecule has 1 N–H and O–H groups in total. The fourth-order valence-corrected chi connectivity index (χ4v) is 2.46. The molecule has 0 amide bonds. The first-order valence-corrected chi connectivity index (χ1v) is 4.08. The predicted molar refractivity (Wildman–Crippen MR) is 38.4 cm³/mol.